The predicted octanol–water partition coefficient (Wildman–Crippen LogP) is 3.52. The average molecular weight is 402 g/mol. The molecule has 2 aromatic rings. The minimum Gasteiger partial charge on any atom is -0.338 e. The van der Waals surface area contributed by atoms with E-state index in [9.17, 15) is 4.79 Å². The highest BCUT2D eigenvalue weighted by atomic mass is 79.9. The zero-order valence-corrected chi connectivity index (χ0v) is 15.9. The molecule has 1 saturated heterocycles. The molecular weight excluding hydrogens is 378 g/mol. The molecule has 5 heteroatoms. The van der Waals surface area contributed by atoms with E-state index >= 15 is 0 Å². The van der Waals surface area contributed by atoms with Crippen LogP contribution in [-0.4, -0.2) is 48.6 Å². The van der Waals surface area contributed by atoms with Crippen molar-refractivity contribution < 1.29 is 4.79 Å². The molecule has 2 aromatic carbocycles. The third-order valence-corrected chi connectivity index (χ3v) is 5.31. The third-order valence-electron chi connectivity index (χ3n) is 4.54. The molecule has 0 aliphatic carbocycles. The monoisotopic (exact) mass is 401 g/mol. The molecule has 1 aliphatic rings. The van der Waals surface area contributed by atoms with Gasteiger partial charge in [0, 0.05) is 43.7 Å². The van der Waals surface area contributed by atoms with Gasteiger partial charge in [-0.05, 0) is 23.6 Å². The average Bonchev–Trinajstić information content (AvgIpc) is 2.65. The van der Waals surface area contributed by atoms with E-state index in [1.165, 1.54) is 11.1 Å². The van der Waals surface area contributed by atoms with Gasteiger partial charge >= 0.3 is 6.03 Å². The molecule has 3 rings (SSSR count). The lowest BCUT2D eigenvalue weighted by molar-refractivity contribution is 0.135. The van der Waals surface area contributed by atoms with Crippen LogP contribution >= 0.6 is 15.9 Å². The van der Waals surface area contributed by atoms with Crippen LogP contribution in [0.2, 0.25) is 0 Å². The summed E-state index contributed by atoms with van der Waals surface area (Å²) in [5.74, 6) is 0. The lowest BCUT2D eigenvalue weighted by Crippen LogP contribution is -2.51. The second kappa shape index (κ2) is 9.02. The van der Waals surface area contributed by atoms with Crippen LogP contribution in [0.1, 0.15) is 11.1 Å². The fourth-order valence-electron chi connectivity index (χ4n) is 3.07. The molecule has 1 N–H and O–H groups in total. The summed E-state index contributed by atoms with van der Waals surface area (Å²) in [6.45, 7) is 5.03. The summed E-state index contributed by atoms with van der Waals surface area (Å²) in [5.41, 5.74) is 2.55. The fourth-order valence-corrected chi connectivity index (χ4v) is 3.55. The Hall–Kier alpha value is -1.85. The molecule has 1 aliphatic heterocycles. The van der Waals surface area contributed by atoms with Gasteiger partial charge in [-0.25, -0.2) is 4.79 Å². The Balaban J connectivity index is 1.39. The van der Waals surface area contributed by atoms with E-state index in [2.05, 4.69) is 56.5 Å². The highest BCUT2D eigenvalue weighted by molar-refractivity contribution is 9.10. The Bertz CT molecular complexity index is 684. The van der Waals surface area contributed by atoms with Crippen LogP contribution in [0.4, 0.5) is 4.79 Å². The molecule has 0 saturated carbocycles. The van der Waals surface area contributed by atoms with Crippen LogP contribution in [0.3, 0.4) is 0 Å². The predicted molar refractivity (Wildman–Crippen MR) is 105 cm³/mol. The first-order valence-electron chi connectivity index (χ1n) is 8.75. The van der Waals surface area contributed by atoms with Crippen molar-refractivity contribution in [3.05, 3.63) is 70.2 Å². The van der Waals surface area contributed by atoms with E-state index in [-0.39, 0.29) is 6.03 Å². The van der Waals surface area contributed by atoms with Crippen molar-refractivity contribution in [2.45, 2.75) is 13.0 Å². The van der Waals surface area contributed by atoms with E-state index in [1.807, 2.05) is 29.2 Å². The molecule has 0 bridgehead atoms. The van der Waals surface area contributed by atoms with Gasteiger partial charge in [0.05, 0.1) is 0 Å². The highest BCUT2D eigenvalue weighted by Crippen LogP contribution is 2.16. The Morgan fingerprint density at radius 2 is 1.64 bits per heavy atom. The number of rotatable bonds is 5. The van der Waals surface area contributed by atoms with Gasteiger partial charge in [-0.15, -0.1) is 0 Å². The fraction of sp³-hybridized carbons (Fsp3) is 0.350. The normalized spacial score (nSPS) is 15.2. The van der Waals surface area contributed by atoms with Crippen molar-refractivity contribution in [1.82, 2.24) is 15.1 Å². The summed E-state index contributed by atoms with van der Waals surface area (Å²) in [4.78, 5) is 16.6. The first-order valence-corrected chi connectivity index (χ1v) is 9.54. The number of benzene rings is 2. The Morgan fingerprint density at radius 1 is 0.960 bits per heavy atom. The second-order valence-electron chi connectivity index (χ2n) is 6.32. The number of amides is 2. The number of urea groups is 1. The zero-order chi connectivity index (χ0) is 17.5. The van der Waals surface area contributed by atoms with Gasteiger partial charge in [0.25, 0.3) is 0 Å². The molecule has 1 heterocycles. The number of nitrogens with zero attached hydrogens (tertiary/aromatic N) is 2. The minimum atomic E-state index is 0.0476. The second-order valence-corrected chi connectivity index (χ2v) is 7.18. The first kappa shape index (κ1) is 18.0. The summed E-state index contributed by atoms with van der Waals surface area (Å²) in [7, 11) is 0. The van der Waals surface area contributed by atoms with Crippen LogP contribution < -0.4 is 5.32 Å². The summed E-state index contributed by atoms with van der Waals surface area (Å²) in [5, 5.41) is 3.04. The molecule has 0 atom stereocenters. The van der Waals surface area contributed by atoms with E-state index in [0.29, 0.717) is 6.54 Å². The van der Waals surface area contributed by atoms with Gasteiger partial charge in [0.15, 0.2) is 0 Å². The van der Waals surface area contributed by atoms with Crippen molar-refractivity contribution in [3.8, 4) is 0 Å². The molecule has 0 radical (unpaired) electrons. The number of hydrogen-bond donors (Lipinski definition) is 1. The van der Waals surface area contributed by atoms with Gasteiger partial charge in [-0.2, -0.15) is 0 Å². The zero-order valence-electron chi connectivity index (χ0n) is 14.3. The first-order chi connectivity index (χ1) is 12.2. The molecule has 25 heavy (non-hydrogen) atoms. The number of halogens is 1. The van der Waals surface area contributed by atoms with Gasteiger partial charge < -0.3 is 10.2 Å². The number of carbonyl (C=O) groups is 1. The summed E-state index contributed by atoms with van der Waals surface area (Å²) in [6.07, 6.45) is 0.834. The highest BCUT2D eigenvalue weighted by Gasteiger charge is 2.20. The molecule has 0 aromatic heterocycles. The minimum absolute atomic E-state index is 0.0476. The molecular formula is C20H24BrN3O. The van der Waals surface area contributed by atoms with Gasteiger partial charge in [-0.1, -0.05) is 64.5 Å². The van der Waals surface area contributed by atoms with Gasteiger partial charge in [-0.3, -0.25) is 4.90 Å². The Morgan fingerprint density at radius 3 is 2.36 bits per heavy atom. The van der Waals surface area contributed by atoms with Crippen LogP contribution in [0.5, 0.6) is 0 Å². The summed E-state index contributed by atoms with van der Waals surface area (Å²) in [6, 6.07) is 18.7. The number of piperazine rings is 1. The molecule has 0 unspecified atom stereocenters. The van der Waals surface area contributed by atoms with Crippen LogP contribution in [0, 0.1) is 0 Å². The standard InChI is InChI=1S/C20H24BrN3O/c21-19-9-5-4-8-18(19)10-11-22-20(25)24-14-12-23(13-15-24)16-17-6-2-1-3-7-17/h1-9H,10-16H2,(H,22,25). The quantitative estimate of drug-likeness (QED) is 0.831. The lowest BCUT2D eigenvalue weighted by Gasteiger charge is -2.34. The van der Waals surface area contributed by atoms with Gasteiger partial charge in [0.2, 0.25) is 0 Å². The summed E-state index contributed by atoms with van der Waals surface area (Å²) >= 11 is 3.55. The SMILES string of the molecule is O=C(NCCc1ccccc1Br)N1CCN(Cc2ccccc2)CC1. The van der Waals surface area contributed by atoms with Gasteiger partial charge in [0.1, 0.15) is 0 Å². The molecule has 0 spiro atoms. The van der Waals surface area contributed by atoms with E-state index in [1.54, 1.807) is 0 Å². The van der Waals surface area contributed by atoms with E-state index < -0.39 is 0 Å². The molecule has 4 nitrogen and oxygen atoms in total. The van der Waals surface area contributed by atoms with E-state index in [4.69, 9.17) is 0 Å². The van der Waals surface area contributed by atoms with Crippen molar-refractivity contribution in [2.24, 2.45) is 0 Å². The van der Waals surface area contributed by atoms with Crippen molar-refractivity contribution in [3.63, 3.8) is 0 Å². The Labute approximate surface area is 158 Å². The lowest BCUT2D eigenvalue weighted by atomic mass is 10.1. The maximum atomic E-state index is 12.3. The number of nitrogens with one attached hydrogen (secondary N) is 1. The number of carbonyl (C=O) groups excluding carboxylic acids is 1. The molecule has 132 valence electrons. The van der Waals surface area contributed by atoms with Crippen LogP contribution in [0.25, 0.3) is 0 Å². The van der Waals surface area contributed by atoms with Crippen molar-refractivity contribution in [1.29, 1.82) is 0 Å². The molecule has 2 amide bonds. The van der Waals surface area contributed by atoms with Crippen molar-refractivity contribution >= 4 is 22.0 Å². The van der Waals surface area contributed by atoms with E-state index in [0.717, 1.165) is 43.6 Å². The Kier molecular flexibility index (Phi) is 6.48. The largest absolute Gasteiger partial charge is 0.338 e. The smallest absolute Gasteiger partial charge is 0.317 e. The maximum absolute atomic E-state index is 12.3. The van der Waals surface area contributed by atoms with Crippen LogP contribution in [0.15, 0.2) is 59.1 Å². The number of hydrogen-bond acceptors (Lipinski definition) is 2. The topological polar surface area (TPSA) is 35.6 Å². The molecule has 1 fully saturated rings. The maximum Gasteiger partial charge on any atom is 0.317 e. The van der Waals surface area contributed by atoms with Crippen LogP contribution in [-0.2, 0) is 13.0 Å². The third kappa shape index (κ3) is 5.31. The van der Waals surface area contributed by atoms with Crippen molar-refractivity contribution in [2.75, 3.05) is 32.7 Å². The summed E-state index contributed by atoms with van der Waals surface area (Å²) < 4.78 is 1.10.